The smallest absolute Gasteiger partial charge is 0.358 e. The SMILES string of the molecule is NOC(=O)c1ccc(-c2cc(Cl)ccc2N)c2cccnc12. The first-order valence-electron chi connectivity index (χ1n) is 6.46. The minimum atomic E-state index is -0.644. The normalized spacial score (nSPS) is 10.6. The number of nitrogens with zero attached hydrogens (tertiary/aromatic N) is 1. The lowest BCUT2D eigenvalue weighted by atomic mass is 9.97. The maximum absolute atomic E-state index is 11.8. The van der Waals surface area contributed by atoms with E-state index < -0.39 is 5.97 Å². The highest BCUT2D eigenvalue weighted by Gasteiger charge is 2.16. The Labute approximate surface area is 131 Å². The van der Waals surface area contributed by atoms with Crippen molar-refractivity contribution in [3.05, 3.63) is 59.2 Å². The molecule has 0 spiro atoms. The molecule has 0 atom stereocenters. The van der Waals surface area contributed by atoms with Gasteiger partial charge in [0.25, 0.3) is 0 Å². The maximum atomic E-state index is 11.8. The van der Waals surface area contributed by atoms with Gasteiger partial charge in [-0.1, -0.05) is 23.7 Å². The summed E-state index contributed by atoms with van der Waals surface area (Å²) in [6, 6.07) is 12.3. The summed E-state index contributed by atoms with van der Waals surface area (Å²) in [5.41, 5.74) is 9.03. The standard InChI is InChI=1S/C16H12ClN3O2/c17-9-3-6-14(18)13(8-9)10-4-5-12(16(21)22-19)15-11(10)2-1-7-20-15/h1-8H,18-19H2. The van der Waals surface area contributed by atoms with Crippen LogP contribution in [0.25, 0.3) is 22.0 Å². The molecule has 1 aromatic heterocycles. The van der Waals surface area contributed by atoms with Gasteiger partial charge in [0, 0.05) is 27.9 Å². The predicted octanol–water partition coefficient (Wildman–Crippen LogP) is 3.17. The van der Waals surface area contributed by atoms with Crippen molar-refractivity contribution in [3.8, 4) is 11.1 Å². The Morgan fingerprint density at radius 1 is 1.14 bits per heavy atom. The van der Waals surface area contributed by atoms with Crippen LogP contribution in [0.3, 0.4) is 0 Å². The zero-order chi connectivity index (χ0) is 15.7. The molecule has 2 aromatic carbocycles. The number of halogens is 1. The van der Waals surface area contributed by atoms with Crippen LogP contribution in [0.1, 0.15) is 10.4 Å². The summed E-state index contributed by atoms with van der Waals surface area (Å²) in [5, 5.41) is 1.34. The Hall–Kier alpha value is -2.63. The van der Waals surface area contributed by atoms with Crippen molar-refractivity contribution in [3.63, 3.8) is 0 Å². The van der Waals surface area contributed by atoms with Crippen LogP contribution >= 0.6 is 11.6 Å². The molecule has 6 heteroatoms. The van der Waals surface area contributed by atoms with Crippen molar-refractivity contribution >= 4 is 34.2 Å². The Balaban J connectivity index is 2.33. The number of fused-ring (bicyclic) bond motifs is 1. The van der Waals surface area contributed by atoms with Crippen LogP contribution in [0.5, 0.6) is 0 Å². The number of carbonyl (C=O) groups is 1. The van der Waals surface area contributed by atoms with Gasteiger partial charge in [0.2, 0.25) is 0 Å². The van der Waals surface area contributed by atoms with Crippen LogP contribution in [-0.4, -0.2) is 11.0 Å². The van der Waals surface area contributed by atoms with Crippen molar-refractivity contribution in [1.29, 1.82) is 0 Å². The number of nitrogen functional groups attached to an aromatic ring is 1. The number of nitrogens with two attached hydrogens (primary N) is 2. The van der Waals surface area contributed by atoms with E-state index in [1.165, 1.54) is 0 Å². The minimum Gasteiger partial charge on any atom is -0.398 e. The second-order valence-electron chi connectivity index (χ2n) is 4.70. The van der Waals surface area contributed by atoms with E-state index in [2.05, 4.69) is 9.82 Å². The summed E-state index contributed by atoms with van der Waals surface area (Å²) in [6.45, 7) is 0. The van der Waals surface area contributed by atoms with Crippen molar-refractivity contribution in [2.75, 3.05) is 5.73 Å². The lowest BCUT2D eigenvalue weighted by Gasteiger charge is -2.11. The first-order chi connectivity index (χ1) is 10.6. The lowest BCUT2D eigenvalue weighted by molar-refractivity contribution is 0.0505. The molecule has 1 heterocycles. The average molecular weight is 314 g/mol. The van der Waals surface area contributed by atoms with E-state index in [0.29, 0.717) is 21.8 Å². The number of anilines is 1. The molecule has 0 aliphatic carbocycles. The summed E-state index contributed by atoms with van der Waals surface area (Å²) >= 11 is 6.06. The second-order valence-corrected chi connectivity index (χ2v) is 5.13. The van der Waals surface area contributed by atoms with Gasteiger partial charge in [0.15, 0.2) is 0 Å². The number of aromatic nitrogens is 1. The monoisotopic (exact) mass is 313 g/mol. The van der Waals surface area contributed by atoms with E-state index in [4.69, 9.17) is 23.2 Å². The molecule has 3 aromatic rings. The third-order valence-electron chi connectivity index (χ3n) is 3.40. The topological polar surface area (TPSA) is 91.2 Å². The largest absolute Gasteiger partial charge is 0.398 e. The highest BCUT2D eigenvalue weighted by molar-refractivity contribution is 6.31. The summed E-state index contributed by atoms with van der Waals surface area (Å²) < 4.78 is 0. The Kier molecular flexibility index (Phi) is 3.66. The van der Waals surface area contributed by atoms with E-state index in [9.17, 15) is 4.79 Å². The number of rotatable bonds is 2. The van der Waals surface area contributed by atoms with Crippen LogP contribution in [0.15, 0.2) is 48.7 Å². The van der Waals surface area contributed by atoms with Crippen LogP contribution in [-0.2, 0) is 4.84 Å². The van der Waals surface area contributed by atoms with E-state index >= 15 is 0 Å². The van der Waals surface area contributed by atoms with Gasteiger partial charge in [-0.25, -0.2) is 4.79 Å². The molecule has 4 N–H and O–H groups in total. The predicted molar refractivity (Wildman–Crippen MR) is 86.2 cm³/mol. The van der Waals surface area contributed by atoms with E-state index in [-0.39, 0.29) is 0 Å². The number of hydrogen-bond donors (Lipinski definition) is 2. The Morgan fingerprint density at radius 3 is 2.73 bits per heavy atom. The van der Waals surface area contributed by atoms with Crippen LogP contribution < -0.4 is 11.6 Å². The molecular weight excluding hydrogens is 302 g/mol. The number of carbonyl (C=O) groups excluding carboxylic acids is 1. The van der Waals surface area contributed by atoms with Gasteiger partial charge in [-0.15, -0.1) is 0 Å². The maximum Gasteiger partial charge on any atom is 0.358 e. The molecule has 0 saturated heterocycles. The first kappa shape index (κ1) is 14.3. The molecule has 110 valence electrons. The van der Waals surface area contributed by atoms with Gasteiger partial charge in [0.05, 0.1) is 11.1 Å². The molecule has 22 heavy (non-hydrogen) atoms. The Morgan fingerprint density at radius 2 is 1.95 bits per heavy atom. The zero-order valence-corrected chi connectivity index (χ0v) is 12.2. The minimum absolute atomic E-state index is 0.294. The second kappa shape index (κ2) is 5.63. The highest BCUT2D eigenvalue weighted by atomic mass is 35.5. The van der Waals surface area contributed by atoms with Gasteiger partial charge in [-0.05, 0) is 35.9 Å². The van der Waals surface area contributed by atoms with Gasteiger partial charge < -0.3 is 10.6 Å². The Bertz CT molecular complexity index is 880. The van der Waals surface area contributed by atoms with E-state index in [0.717, 1.165) is 16.5 Å². The molecule has 5 nitrogen and oxygen atoms in total. The first-order valence-corrected chi connectivity index (χ1v) is 6.84. The summed E-state index contributed by atoms with van der Waals surface area (Å²) in [4.78, 5) is 20.3. The average Bonchev–Trinajstić information content (AvgIpc) is 2.55. The molecule has 0 bridgehead atoms. The summed E-state index contributed by atoms with van der Waals surface area (Å²) in [5.74, 6) is 4.33. The fourth-order valence-corrected chi connectivity index (χ4v) is 2.57. The molecule has 0 amide bonds. The highest BCUT2D eigenvalue weighted by Crippen LogP contribution is 2.34. The summed E-state index contributed by atoms with van der Waals surface area (Å²) in [6.07, 6.45) is 1.60. The van der Waals surface area contributed by atoms with Crippen LogP contribution in [0.2, 0.25) is 5.02 Å². The number of pyridine rings is 1. The summed E-state index contributed by atoms with van der Waals surface area (Å²) in [7, 11) is 0. The molecular formula is C16H12ClN3O2. The molecule has 3 rings (SSSR count). The fraction of sp³-hybridized carbons (Fsp3) is 0. The van der Waals surface area contributed by atoms with E-state index in [1.54, 1.807) is 42.6 Å². The quantitative estimate of drug-likeness (QED) is 0.560. The number of hydrogen-bond acceptors (Lipinski definition) is 5. The molecule has 0 saturated carbocycles. The third kappa shape index (κ3) is 2.36. The molecule has 0 aliphatic heterocycles. The van der Waals surface area contributed by atoms with Crippen LogP contribution in [0, 0.1) is 0 Å². The van der Waals surface area contributed by atoms with Crippen LogP contribution in [0.4, 0.5) is 5.69 Å². The van der Waals surface area contributed by atoms with Crippen molar-refractivity contribution in [2.45, 2.75) is 0 Å². The number of benzene rings is 2. The molecule has 0 fully saturated rings. The van der Waals surface area contributed by atoms with Gasteiger partial charge in [-0.2, -0.15) is 5.90 Å². The lowest BCUT2D eigenvalue weighted by Crippen LogP contribution is -2.11. The third-order valence-corrected chi connectivity index (χ3v) is 3.64. The zero-order valence-electron chi connectivity index (χ0n) is 11.4. The molecule has 0 aliphatic rings. The van der Waals surface area contributed by atoms with Crippen molar-refractivity contribution in [1.82, 2.24) is 4.98 Å². The molecule has 0 unspecified atom stereocenters. The fourth-order valence-electron chi connectivity index (χ4n) is 2.40. The van der Waals surface area contributed by atoms with E-state index in [1.807, 2.05) is 6.07 Å². The van der Waals surface area contributed by atoms with Crippen molar-refractivity contribution in [2.24, 2.45) is 5.90 Å². The molecule has 0 radical (unpaired) electrons. The van der Waals surface area contributed by atoms with Crippen molar-refractivity contribution < 1.29 is 9.63 Å². The van der Waals surface area contributed by atoms with Gasteiger partial charge >= 0.3 is 5.97 Å². The van der Waals surface area contributed by atoms with Gasteiger partial charge in [0.1, 0.15) is 0 Å². The van der Waals surface area contributed by atoms with Gasteiger partial charge in [-0.3, -0.25) is 4.98 Å².